The van der Waals surface area contributed by atoms with Crippen molar-refractivity contribution in [3.63, 3.8) is 0 Å². The van der Waals surface area contributed by atoms with Gasteiger partial charge in [0.15, 0.2) is 5.75 Å². The summed E-state index contributed by atoms with van der Waals surface area (Å²) in [4.78, 5) is 13.2. The van der Waals surface area contributed by atoms with Crippen molar-refractivity contribution in [1.82, 2.24) is 4.98 Å². The van der Waals surface area contributed by atoms with Crippen LogP contribution in [0, 0.1) is 3.57 Å². The van der Waals surface area contributed by atoms with Crippen LogP contribution in [0.4, 0.5) is 13.2 Å². The summed E-state index contributed by atoms with van der Waals surface area (Å²) in [5, 5.41) is 0. The average molecular weight is 335 g/mol. The molecule has 84 valence electrons. The van der Waals surface area contributed by atoms with Crippen LogP contribution in [0.1, 0.15) is 0 Å². The summed E-state index contributed by atoms with van der Waals surface area (Å²) in [6.45, 7) is 0. The highest BCUT2D eigenvalue weighted by atomic mass is 127. The molecule has 0 fully saturated rings. The molecule has 4 nitrogen and oxygen atoms in total. The Morgan fingerprint density at radius 3 is 2.53 bits per heavy atom. The third kappa shape index (κ3) is 3.29. The van der Waals surface area contributed by atoms with Crippen LogP contribution in [0.5, 0.6) is 11.6 Å². The fourth-order valence-corrected chi connectivity index (χ4v) is 1.46. The van der Waals surface area contributed by atoms with Gasteiger partial charge in [0.1, 0.15) is 0 Å². The molecule has 0 saturated carbocycles. The number of aromatic nitrogens is 1. The predicted octanol–water partition coefficient (Wildman–Crippen LogP) is 1.89. The first-order valence-electron chi connectivity index (χ1n) is 3.56. The highest BCUT2D eigenvalue weighted by Gasteiger charge is 2.32. The van der Waals surface area contributed by atoms with Gasteiger partial charge in [0.05, 0.1) is 10.7 Å². The quantitative estimate of drug-likeness (QED) is 0.840. The van der Waals surface area contributed by atoms with E-state index < -0.39 is 17.7 Å². The lowest BCUT2D eigenvalue weighted by atomic mass is 10.4. The number of ether oxygens (including phenoxy) is 2. The lowest BCUT2D eigenvalue weighted by Gasteiger charge is -2.09. The van der Waals surface area contributed by atoms with Gasteiger partial charge in [0, 0.05) is 6.07 Å². The first-order valence-corrected chi connectivity index (χ1v) is 4.64. The van der Waals surface area contributed by atoms with Crippen LogP contribution < -0.4 is 15.0 Å². The average Bonchev–Trinajstić information content (AvgIpc) is 2.08. The zero-order valence-electron chi connectivity index (χ0n) is 7.31. The van der Waals surface area contributed by atoms with E-state index in [0.29, 0.717) is 3.57 Å². The highest BCUT2D eigenvalue weighted by molar-refractivity contribution is 14.1. The maximum atomic E-state index is 11.8. The van der Waals surface area contributed by atoms with Crippen LogP contribution in [0.25, 0.3) is 0 Å². The van der Waals surface area contributed by atoms with Gasteiger partial charge in [-0.25, -0.2) is 0 Å². The topological polar surface area (TPSA) is 51.3 Å². The van der Waals surface area contributed by atoms with Crippen LogP contribution in [-0.2, 0) is 0 Å². The molecular weight excluding hydrogens is 330 g/mol. The zero-order chi connectivity index (χ0) is 11.6. The molecular formula is C7H5F3INO3. The first-order chi connectivity index (χ1) is 6.83. The molecule has 8 heteroatoms. The van der Waals surface area contributed by atoms with E-state index in [-0.39, 0.29) is 5.88 Å². The van der Waals surface area contributed by atoms with Crippen LogP contribution in [0.2, 0.25) is 0 Å². The molecule has 15 heavy (non-hydrogen) atoms. The molecule has 1 heterocycles. The normalized spacial score (nSPS) is 11.3. The van der Waals surface area contributed by atoms with Gasteiger partial charge in [-0.2, -0.15) is 0 Å². The number of nitrogens with one attached hydrogen (secondary N) is 1. The van der Waals surface area contributed by atoms with E-state index >= 15 is 0 Å². The van der Waals surface area contributed by atoms with E-state index in [1.807, 2.05) is 0 Å². The Bertz CT molecular complexity index is 415. The molecule has 0 radical (unpaired) electrons. The number of hydrogen-bond donors (Lipinski definition) is 1. The lowest BCUT2D eigenvalue weighted by molar-refractivity contribution is -0.275. The van der Waals surface area contributed by atoms with Gasteiger partial charge >= 0.3 is 6.36 Å². The molecule has 0 amide bonds. The van der Waals surface area contributed by atoms with Crippen LogP contribution in [-0.4, -0.2) is 18.5 Å². The highest BCUT2D eigenvalue weighted by Crippen LogP contribution is 2.23. The van der Waals surface area contributed by atoms with Gasteiger partial charge in [-0.15, -0.1) is 13.2 Å². The van der Waals surface area contributed by atoms with Gasteiger partial charge in [0.25, 0.3) is 5.56 Å². The van der Waals surface area contributed by atoms with Crippen LogP contribution in [0.15, 0.2) is 10.9 Å². The Kier molecular flexibility index (Phi) is 3.47. The van der Waals surface area contributed by atoms with Crippen molar-refractivity contribution in [2.45, 2.75) is 6.36 Å². The Hall–Kier alpha value is -0.930. The molecule has 1 N–H and O–H groups in total. The SMILES string of the molecule is COc1[nH]c(=O)c(OC(F)(F)F)cc1I. The second-order valence-corrected chi connectivity index (χ2v) is 3.55. The van der Waals surface area contributed by atoms with Gasteiger partial charge < -0.3 is 9.47 Å². The fourth-order valence-electron chi connectivity index (χ4n) is 0.820. The van der Waals surface area contributed by atoms with E-state index in [1.54, 1.807) is 22.6 Å². The summed E-state index contributed by atoms with van der Waals surface area (Å²) in [7, 11) is 1.29. The van der Waals surface area contributed by atoms with Gasteiger partial charge in [-0.3, -0.25) is 9.78 Å². The van der Waals surface area contributed by atoms with Crippen molar-refractivity contribution >= 4 is 22.6 Å². The van der Waals surface area contributed by atoms with Crippen molar-refractivity contribution in [2.75, 3.05) is 7.11 Å². The summed E-state index contributed by atoms with van der Waals surface area (Å²) in [5.74, 6) is -0.720. The number of hydrogen-bond acceptors (Lipinski definition) is 3. The molecule has 0 aliphatic heterocycles. The molecule has 0 aliphatic carbocycles. The molecule has 0 unspecified atom stereocenters. The first kappa shape index (κ1) is 12.1. The Labute approximate surface area is 95.5 Å². The van der Waals surface area contributed by atoms with Crippen molar-refractivity contribution < 1.29 is 22.6 Å². The van der Waals surface area contributed by atoms with E-state index in [4.69, 9.17) is 4.74 Å². The Morgan fingerprint density at radius 2 is 2.07 bits per heavy atom. The standard InChI is InChI=1S/C7H5F3INO3/c1-14-6-3(11)2-4(5(13)12-6)15-7(8,9)10/h2H,1H3,(H,12,13). The molecule has 0 spiro atoms. The summed E-state index contributed by atoms with van der Waals surface area (Å²) >= 11 is 1.71. The molecule has 1 aromatic rings. The largest absolute Gasteiger partial charge is 0.573 e. The predicted molar refractivity (Wildman–Crippen MR) is 53.0 cm³/mol. The molecule has 0 bridgehead atoms. The summed E-state index contributed by atoms with van der Waals surface area (Å²) in [6.07, 6.45) is -4.88. The van der Waals surface area contributed by atoms with E-state index in [2.05, 4.69) is 9.72 Å². The summed E-state index contributed by atoms with van der Waals surface area (Å²) < 4.78 is 44.0. The van der Waals surface area contributed by atoms with Crippen LogP contribution >= 0.6 is 22.6 Å². The third-order valence-electron chi connectivity index (χ3n) is 1.36. The van der Waals surface area contributed by atoms with E-state index in [1.165, 1.54) is 7.11 Å². The minimum Gasteiger partial charge on any atom is -0.481 e. The number of methoxy groups -OCH3 is 1. The maximum absolute atomic E-state index is 11.8. The Balaban J connectivity index is 3.12. The number of H-pyrrole nitrogens is 1. The minimum absolute atomic E-state index is 0.0927. The van der Waals surface area contributed by atoms with Gasteiger partial charge in [-0.05, 0) is 22.6 Å². The van der Waals surface area contributed by atoms with Crippen LogP contribution in [0.3, 0.4) is 0 Å². The monoisotopic (exact) mass is 335 g/mol. The summed E-state index contributed by atoms with van der Waals surface area (Å²) in [5.41, 5.74) is -0.996. The lowest BCUT2D eigenvalue weighted by Crippen LogP contribution is -2.23. The van der Waals surface area contributed by atoms with E-state index in [9.17, 15) is 18.0 Å². The van der Waals surface area contributed by atoms with Crippen molar-refractivity contribution in [1.29, 1.82) is 0 Å². The van der Waals surface area contributed by atoms with Crippen molar-refractivity contribution in [3.8, 4) is 11.6 Å². The fraction of sp³-hybridized carbons (Fsp3) is 0.286. The minimum atomic E-state index is -4.88. The molecule has 0 aromatic carbocycles. The zero-order valence-corrected chi connectivity index (χ0v) is 9.47. The van der Waals surface area contributed by atoms with Crippen molar-refractivity contribution in [2.24, 2.45) is 0 Å². The number of rotatable bonds is 2. The number of alkyl halides is 3. The van der Waals surface area contributed by atoms with Gasteiger partial charge in [-0.1, -0.05) is 0 Å². The Morgan fingerprint density at radius 1 is 1.47 bits per heavy atom. The second-order valence-electron chi connectivity index (χ2n) is 2.39. The number of pyridine rings is 1. The third-order valence-corrected chi connectivity index (χ3v) is 2.16. The van der Waals surface area contributed by atoms with Gasteiger partial charge in [0.2, 0.25) is 5.88 Å². The number of halogens is 4. The maximum Gasteiger partial charge on any atom is 0.573 e. The molecule has 0 saturated heterocycles. The molecule has 1 aromatic heterocycles. The molecule has 0 aliphatic rings. The second kappa shape index (κ2) is 4.29. The molecule has 0 atom stereocenters. The van der Waals surface area contributed by atoms with E-state index in [0.717, 1.165) is 6.07 Å². The van der Waals surface area contributed by atoms with Crippen molar-refractivity contribution in [3.05, 3.63) is 20.0 Å². The smallest absolute Gasteiger partial charge is 0.481 e. The summed E-state index contributed by atoms with van der Waals surface area (Å²) in [6, 6.07) is 0.950. The number of aromatic amines is 1. The molecule has 1 rings (SSSR count).